The van der Waals surface area contributed by atoms with Crippen LogP contribution in [-0.4, -0.2) is 26.4 Å². The summed E-state index contributed by atoms with van der Waals surface area (Å²) in [5.74, 6) is -9.03. The van der Waals surface area contributed by atoms with Crippen molar-refractivity contribution >= 4 is 0 Å². The maximum Gasteiger partial charge on any atom is 0.559 e. The third-order valence-corrected chi connectivity index (χ3v) is 6.47. The van der Waals surface area contributed by atoms with E-state index in [9.17, 15) is 52.7 Å². The molecule has 2 unspecified atom stereocenters. The molecule has 0 bridgehead atoms. The highest BCUT2D eigenvalue weighted by molar-refractivity contribution is 5.46. The highest BCUT2D eigenvalue weighted by atomic mass is 19.5. The van der Waals surface area contributed by atoms with E-state index in [1.54, 1.807) is 6.92 Å². The molecular formula is C28H24F12O2. The molecule has 14 heteroatoms. The van der Waals surface area contributed by atoms with E-state index < -0.39 is 71.6 Å². The molecule has 2 nitrogen and oxygen atoms in total. The summed E-state index contributed by atoms with van der Waals surface area (Å²) in [7, 11) is 1.34. The van der Waals surface area contributed by atoms with Crippen molar-refractivity contribution in [2.45, 2.75) is 50.6 Å². The van der Waals surface area contributed by atoms with Gasteiger partial charge in [0.05, 0.1) is 13.8 Å². The van der Waals surface area contributed by atoms with Crippen LogP contribution in [0.1, 0.15) is 49.3 Å². The molecule has 0 saturated carbocycles. The van der Waals surface area contributed by atoms with Gasteiger partial charge in [-0.2, -0.15) is 22.0 Å². The van der Waals surface area contributed by atoms with Gasteiger partial charge >= 0.3 is 12.6 Å². The van der Waals surface area contributed by atoms with Gasteiger partial charge in [0.25, 0.3) is 0 Å². The molecule has 0 fully saturated rings. The zero-order chi connectivity index (χ0) is 32.0. The van der Waals surface area contributed by atoms with E-state index in [0.29, 0.717) is 5.75 Å². The molecule has 0 amide bonds. The van der Waals surface area contributed by atoms with Crippen molar-refractivity contribution < 1.29 is 62.2 Å². The van der Waals surface area contributed by atoms with Gasteiger partial charge in [-0.15, -0.1) is 17.6 Å². The van der Waals surface area contributed by atoms with E-state index in [0.717, 1.165) is 24.3 Å². The average molecular weight is 620 g/mol. The van der Waals surface area contributed by atoms with Crippen LogP contribution in [0.3, 0.4) is 0 Å². The smallest absolute Gasteiger partial charge is 0.497 e. The molecule has 3 aromatic rings. The van der Waals surface area contributed by atoms with E-state index in [-0.39, 0.29) is 23.3 Å². The van der Waals surface area contributed by atoms with Gasteiger partial charge in [-0.3, -0.25) is 4.39 Å². The molecule has 0 aromatic heterocycles. The molecule has 3 rings (SSSR count). The van der Waals surface area contributed by atoms with Crippen LogP contribution in [-0.2, 0) is 5.41 Å². The molecule has 0 aliphatic carbocycles. The van der Waals surface area contributed by atoms with Gasteiger partial charge in [-0.1, -0.05) is 38.1 Å². The number of rotatable bonds is 9. The molecule has 2 atom stereocenters. The van der Waals surface area contributed by atoms with E-state index in [2.05, 4.69) is 0 Å². The second-order valence-corrected chi connectivity index (χ2v) is 8.93. The monoisotopic (exact) mass is 620 g/mol. The van der Waals surface area contributed by atoms with Crippen molar-refractivity contribution in [1.29, 1.82) is 0 Å². The summed E-state index contributed by atoms with van der Waals surface area (Å²) in [6.07, 6.45) is -11.2. The molecule has 3 aromatic carbocycles. The molecule has 0 spiro atoms. The first kappa shape index (κ1) is 34.6. The number of alkyl halides is 8. The fourth-order valence-corrected chi connectivity index (χ4v) is 4.22. The van der Waals surface area contributed by atoms with Crippen LogP contribution < -0.4 is 9.47 Å². The van der Waals surface area contributed by atoms with E-state index in [4.69, 9.17) is 9.47 Å². The Balaban J connectivity index is 0.00000113. The van der Waals surface area contributed by atoms with Crippen LogP contribution in [0, 0.1) is 23.3 Å². The van der Waals surface area contributed by atoms with Crippen LogP contribution in [0.4, 0.5) is 52.7 Å². The number of ether oxygens (including phenoxy) is 2. The molecule has 0 N–H and O–H groups in total. The fraction of sp³-hybridized carbons (Fsp3) is 0.357. The Labute approximate surface area is 232 Å². The summed E-state index contributed by atoms with van der Waals surface area (Å²) >= 11 is 0. The highest BCUT2D eigenvalue weighted by Gasteiger charge is 2.56. The lowest BCUT2D eigenvalue weighted by molar-refractivity contribution is -0.237. The first-order valence-corrected chi connectivity index (χ1v) is 12.1. The van der Waals surface area contributed by atoms with E-state index in [1.807, 2.05) is 0 Å². The Kier molecular flexibility index (Phi) is 11.2. The van der Waals surface area contributed by atoms with Crippen molar-refractivity contribution in [3.05, 3.63) is 88.5 Å². The Morgan fingerprint density at radius 3 is 1.43 bits per heavy atom. The second kappa shape index (κ2) is 13.6. The lowest BCUT2D eigenvalue weighted by atomic mass is 9.71. The number of hydrogen-bond acceptors (Lipinski definition) is 2. The number of hydrogen-bond donors (Lipinski definition) is 0. The minimum Gasteiger partial charge on any atom is -0.497 e. The van der Waals surface area contributed by atoms with Crippen LogP contribution in [0.25, 0.3) is 0 Å². The van der Waals surface area contributed by atoms with Gasteiger partial charge in [0, 0.05) is 5.56 Å². The van der Waals surface area contributed by atoms with Crippen molar-refractivity contribution in [1.82, 2.24) is 0 Å². The number of benzene rings is 3. The Bertz CT molecular complexity index is 1280. The summed E-state index contributed by atoms with van der Waals surface area (Å²) < 4.78 is 164. The summed E-state index contributed by atoms with van der Waals surface area (Å²) in [5, 5.41) is 0. The Hall–Kier alpha value is -3.58. The van der Waals surface area contributed by atoms with Crippen LogP contribution in [0.5, 0.6) is 17.2 Å². The SMILES string of the molecule is CCC(C)c1c(F)c(F)c(Oc2ccc(C(CCF)(c3ccc(OC)cc3)C(F)(F)F)cc2)c(F)c1F.FC(F)(F)F. The zero-order valence-electron chi connectivity index (χ0n) is 22.2. The van der Waals surface area contributed by atoms with Crippen molar-refractivity contribution in [3.8, 4) is 17.2 Å². The van der Waals surface area contributed by atoms with Crippen molar-refractivity contribution in [3.63, 3.8) is 0 Å². The van der Waals surface area contributed by atoms with Crippen molar-refractivity contribution in [2.24, 2.45) is 0 Å². The van der Waals surface area contributed by atoms with E-state index >= 15 is 0 Å². The summed E-state index contributed by atoms with van der Waals surface area (Å²) in [5.41, 5.74) is -4.16. The van der Waals surface area contributed by atoms with Gasteiger partial charge in [0.1, 0.15) is 16.9 Å². The van der Waals surface area contributed by atoms with Gasteiger partial charge < -0.3 is 9.47 Å². The molecular weight excluding hydrogens is 596 g/mol. The summed E-state index contributed by atoms with van der Waals surface area (Å²) in [4.78, 5) is 0. The number of halogens is 12. The first-order valence-electron chi connectivity index (χ1n) is 12.1. The summed E-state index contributed by atoms with van der Waals surface area (Å²) in [6.45, 7) is 1.68. The zero-order valence-corrected chi connectivity index (χ0v) is 22.2. The molecule has 0 aliphatic rings. The van der Waals surface area contributed by atoms with Gasteiger partial charge in [0.2, 0.25) is 17.4 Å². The van der Waals surface area contributed by atoms with Crippen LogP contribution in [0.2, 0.25) is 0 Å². The normalized spacial score (nSPS) is 14.0. The minimum absolute atomic E-state index is 0.211. The minimum atomic E-state index is -5.50. The number of methoxy groups -OCH3 is 1. The quantitative estimate of drug-likeness (QED) is 0.175. The van der Waals surface area contributed by atoms with Crippen LogP contribution >= 0.6 is 0 Å². The van der Waals surface area contributed by atoms with Gasteiger partial charge in [-0.25, -0.2) is 8.78 Å². The fourth-order valence-electron chi connectivity index (χ4n) is 4.22. The lowest BCUT2D eigenvalue weighted by Gasteiger charge is -2.36. The van der Waals surface area contributed by atoms with Crippen molar-refractivity contribution in [2.75, 3.05) is 13.8 Å². The predicted octanol–water partition coefficient (Wildman–Crippen LogP) is 10.2. The maximum absolute atomic E-state index is 14.6. The van der Waals surface area contributed by atoms with Gasteiger partial charge in [0.15, 0.2) is 11.6 Å². The Morgan fingerprint density at radius 1 is 0.690 bits per heavy atom. The van der Waals surface area contributed by atoms with Gasteiger partial charge in [-0.05, 0) is 54.2 Å². The lowest BCUT2D eigenvalue weighted by Crippen LogP contribution is -2.44. The molecule has 0 radical (unpaired) electrons. The first-order chi connectivity index (χ1) is 19.4. The molecule has 0 heterocycles. The van der Waals surface area contributed by atoms with Crippen LogP contribution in [0.15, 0.2) is 48.5 Å². The summed E-state index contributed by atoms with van der Waals surface area (Å²) in [6, 6.07) is 8.77. The molecule has 232 valence electrons. The molecule has 42 heavy (non-hydrogen) atoms. The molecule has 0 saturated heterocycles. The topological polar surface area (TPSA) is 18.5 Å². The third-order valence-electron chi connectivity index (χ3n) is 6.47. The Morgan fingerprint density at radius 2 is 1.10 bits per heavy atom. The average Bonchev–Trinajstić information content (AvgIpc) is 2.92. The third kappa shape index (κ3) is 7.62. The second-order valence-electron chi connectivity index (χ2n) is 8.93. The van der Waals surface area contributed by atoms with E-state index in [1.165, 1.54) is 38.3 Å². The largest absolute Gasteiger partial charge is 0.559 e. The maximum atomic E-state index is 14.6. The highest BCUT2D eigenvalue weighted by Crippen LogP contribution is 2.49. The predicted molar refractivity (Wildman–Crippen MR) is 129 cm³/mol. The molecule has 0 aliphatic heterocycles. The standard InChI is InChI=1S/C27H24F8O2.CF4/c1-4-15(2)20-21(29)23(31)25(24(32)22(20)30)37-19-11-7-17(8-12-19)26(13-14-28,27(33,34)35)16-5-9-18(36-3)10-6-16;2-1(3,4)5/h5-12,15H,4,13-14H2,1-3H3;.